The normalized spacial score (nSPS) is 10.0. The first-order valence-corrected chi connectivity index (χ1v) is 7.64. The van der Waals surface area contributed by atoms with E-state index < -0.39 is 5.91 Å². The molecular weight excluding hydrogens is 308 g/mol. The average Bonchev–Trinajstić information content (AvgIpc) is 2.61. The molecule has 0 bridgehead atoms. The summed E-state index contributed by atoms with van der Waals surface area (Å²) in [5, 5.41) is 2.53. The number of carbonyl (C=O) groups excluding carboxylic acids is 2. The Morgan fingerprint density at radius 1 is 1.00 bits per heavy atom. The van der Waals surface area contributed by atoms with Gasteiger partial charge < -0.3 is 10.1 Å². The molecule has 0 heterocycles. The number of nitrogens with one attached hydrogen (secondary N) is 2. The summed E-state index contributed by atoms with van der Waals surface area (Å²) in [4.78, 5) is 28.7. The van der Waals surface area contributed by atoms with Crippen LogP contribution in [0.4, 0.5) is 0 Å². The summed E-state index contributed by atoms with van der Waals surface area (Å²) >= 11 is 0. The minimum atomic E-state index is -0.426. The second-order valence-electron chi connectivity index (χ2n) is 4.94. The van der Waals surface area contributed by atoms with E-state index in [1.165, 1.54) is 0 Å². The zero-order valence-electron chi connectivity index (χ0n) is 13.5. The molecule has 2 aromatic carbocycles. The van der Waals surface area contributed by atoms with Gasteiger partial charge in [0.2, 0.25) is 0 Å². The van der Waals surface area contributed by atoms with Gasteiger partial charge in [0.15, 0.2) is 0 Å². The van der Waals surface area contributed by atoms with Crippen LogP contribution < -0.4 is 15.5 Å². The van der Waals surface area contributed by atoms with Gasteiger partial charge in [0.25, 0.3) is 11.8 Å². The maximum absolute atomic E-state index is 11.9. The number of rotatable bonds is 8. The molecule has 2 N–H and O–H groups in total. The fourth-order valence-electron chi connectivity index (χ4n) is 1.94. The van der Waals surface area contributed by atoms with E-state index in [0.717, 1.165) is 5.56 Å². The van der Waals surface area contributed by atoms with Gasteiger partial charge in [0.05, 0.1) is 19.8 Å². The number of ether oxygens (including phenoxy) is 1. The van der Waals surface area contributed by atoms with Gasteiger partial charge in [-0.05, 0) is 36.8 Å². The van der Waals surface area contributed by atoms with E-state index in [9.17, 15) is 9.59 Å². The van der Waals surface area contributed by atoms with Crippen molar-refractivity contribution >= 4 is 11.8 Å². The first-order chi connectivity index (χ1) is 11.7. The van der Waals surface area contributed by atoms with Crippen LogP contribution in [0.3, 0.4) is 0 Å². The highest BCUT2D eigenvalue weighted by Gasteiger charge is 2.08. The third-order valence-electron chi connectivity index (χ3n) is 3.10. The lowest BCUT2D eigenvalue weighted by Gasteiger charge is -2.08. The molecule has 0 spiro atoms. The van der Waals surface area contributed by atoms with Crippen molar-refractivity contribution in [3.8, 4) is 5.75 Å². The third kappa shape index (κ3) is 5.73. The number of carbonyl (C=O) groups is 2. The minimum Gasteiger partial charge on any atom is -0.494 e. The van der Waals surface area contributed by atoms with Crippen molar-refractivity contribution in [2.45, 2.75) is 13.5 Å². The molecule has 0 saturated carbocycles. The molecule has 0 atom stereocenters. The fraction of sp³-hybridized carbons (Fsp3) is 0.222. The largest absolute Gasteiger partial charge is 0.494 e. The molecule has 2 amide bonds. The van der Waals surface area contributed by atoms with E-state index in [0.29, 0.717) is 17.9 Å². The van der Waals surface area contributed by atoms with Crippen molar-refractivity contribution in [1.29, 1.82) is 0 Å². The molecule has 0 aliphatic rings. The lowest BCUT2D eigenvalue weighted by Crippen LogP contribution is -2.36. The summed E-state index contributed by atoms with van der Waals surface area (Å²) in [5.74, 6) is -0.0671. The molecule has 2 aromatic rings. The van der Waals surface area contributed by atoms with E-state index >= 15 is 0 Å². The highest BCUT2D eigenvalue weighted by molar-refractivity contribution is 5.96. The Bertz CT molecular complexity index is 656. The molecule has 0 unspecified atom stereocenters. The summed E-state index contributed by atoms with van der Waals surface area (Å²) < 4.78 is 5.31. The minimum absolute atomic E-state index is 0.166. The number of hydroxylamine groups is 1. The van der Waals surface area contributed by atoms with Gasteiger partial charge in [0, 0.05) is 5.56 Å². The van der Waals surface area contributed by atoms with Gasteiger partial charge in [-0.1, -0.05) is 30.3 Å². The van der Waals surface area contributed by atoms with Crippen LogP contribution in [0.25, 0.3) is 0 Å². The molecule has 2 rings (SSSR count). The first-order valence-electron chi connectivity index (χ1n) is 7.64. The number of benzene rings is 2. The smallest absolute Gasteiger partial charge is 0.262 e. The molecular formula is C18H20N2O4. The Balaban J connectivity index is 1.69. The monoisotopic (exact) mass is 328 g/mol. The fourth-order valence-corrected chi connectivity index (χ4v) is 1.94. The zero-order valence-corrected chi connectivity index (χ0v) is 13.5. The quantitative estimate of drug-likeness (QED) is 0.727. The number of hydrogen-bond donors (Lipinski definition) is 2. The maximum Gasteiger partial charge on any atom is 0.262 e. The van der Waals surface area contributed by atoms with Crippen molar-refractivity contribution in [1.82, 2.24) is 10.8 Å². The highest BCUT2D eigenvalue weighted by Crippen LogP contribution is 2.11. The van der Waals surface area contributed by atoms with E-state index in [-0.39, 0.29) is 19.1 Å². The Hall–Kier alpha value is -2.86. The topological polar surface area (TPSA) is 76.7 Å². The Morgan fingerprint density at radius 2 is 1.71 bits per heavy atom. The molecule has 6 heteroatoms. The van der Waals surface area contributed by atoms with Crippen LogP contribution in [0.2, 0.25) is 0 Å². The lowest BCUT2D eigenvalue weighted by molar-refractivity contribution is -0.133. The van der Waals surface area contributed by atoms with E-state index in [1.54, 1.807) is 24.3 Å². The molecule has 6 nitrogen and oxygen atoms in total. The second kappa shape index (κ2) is 9.32. The Labute approximate surface area is 140 Å². The van der Waals surface area contributed by atoms with Crippen LogP contribution in [0.1, 0.15) is 22.8 Å². The van der Waals surface area contributed by atoms with E-state index in [4.69, 9.17) is 9.57 Å². The van der Waals surface area contributed by atoms with Crippen LogP contribution in [0, 0.1) is 0 Å². The maximum atomic E-state index is 11.9. The zero-order chi connectivity index (χ0) is 17.2. The highest BCUT2D eigenvalue weighted by atomic mass is 16.6. The summed E-state index contributed by atoms with van der Waals surface area (Å²) in [6.45, 7) is 2.55. The predicted octanol–water partition coefficient (Wildman–Crippen LogP) is 2.06. The standard InChI is InChI=1S/C18H20N2O4/c1-2-23-16-10-8-15(9-11-16)18(22)19-12-17(21)20-24-13-14-6-4-3-5-7-14/h3-11H,2,12-13H2,1H3,(H,19,22)(H,20,21). The molecule has 0 aliphatic carbocycles. The molecule has 0 aliphatic heterocycles. The predicted molar refractivity (Wildman–Crippen MR) is 89.3 cm³/mol. The van der Waals surface area contributed by atoms with Crippen molar-refractivity contribution in [2.75, 3.05) is 13.2 Å². The van der Waals surface area contributed by atoms with Gasteiger partial charge in [-0.2, -0.15) is 0 Å². The number of amides is 2. The Kier molecular flexibility index (Phi) is 6.79. The third-order valence-corrected chi connectivity index (χ3v) is 3.10. The summed E-state index contributed by atoms with van der Waals surface area (Å²) in [6, 6.07) is 16.2. The summed E-state index contributed by atoms with van der Waals surface area (Å²) in [6.07, 6.45) is 0. The molecule has 0 fully saturated rings. The van der Waals surface area contributed by atoms with Crippen LogP contribution >= 0.6 is 0 Å². The van der Waals surface area contributed by atoms with E-state index in [2.05, 4.69) is 10.8 Å². The Morgan fingerprint density at radius 3 is 2.38 bits per heavy atom. The summed E-state index contributed by atoms with van der Waals surface area (Å²) in [5.41, 5.74) is 3.69. The first kappa shape index (κ1) is 17.5. The number of hydrogen-bond acceptors (Lipinski definition) is 4. The van der Waals surface area contributed by atoms with Crippen molar-refractivity contribution < 1.29 is 19.2 Å². The van der Waals surface area contributed by atoms with Gasteiger partial charge in [-0.15, -0.1) is 0 Å². The van der Waals surface area contributed by atoms with Crippen molar-refractivity contribution in [3.63, 3.8) is 0 Å². The van der Waals surface area contributed by atoms with Crippen LogP contribution in [0.15, 0.2) is 54.6 Å². The molecule has 0 saturated heterocycles. The van der Waals surface area contributed by atoms with Crippen molar-refractivity contribution in [3.05, 3.63) is 65.7 Å². The lowest BCUT2D eigenvalue weighted by atomic mass is 10.2. The molecule has 0 aromatic heterocycles. The molecule has 126 valence electrons. The van der Waals surface area contributed by atoms with Gasteiger partial charge in [-0.25, -0.2) is 5.48 Å². The summed E-state index contributed by atoms with van der Waals surface area (Å²) in [7, 11) is 0. The molecule has 24 heavy (non-hydrogen) atoms. The van der Waals surface area contributed by atoms with Gasteiger partial charge in [0.1, 0.15) is 5.75 Å². The van der Waals surface area contributed by atoms with E-state index in [1.807, 2.05) is 37.3 Å². The molecule has 0 radical (unpaired) electrons. The average molecular weight is 328 g/mol. The van der Waals surface area contributed by atoms with Crippen LogP contribution in [0.5, 0.6) is 5.75 Å². The van der Waals surface area contributed by atoms with Crippen LogP contribution in [-0.2, 0) is 16.2 Å². The van der Waals surface area contributed by atoms with Gasteiger partial charge >= 0.3 is 0 Å². The second-order valence-corrected chi connectivity index (χ2v) is 4.94. The van der Waals surface area contributed by atoms with Crippen LogP contribution in [-0.4, -0.2) is 25.0 Å². The SMILES string of the molecule is CCOc1ccc(C(=O)NCC(=O)NOCc2ccccc2)cc1. The van der Waals surface area contributed by atoms with Crippen molar-refractivity contribution in [2.24, 2.45) is 0 Å². The van der Waals surface area contributed by atoms with Gasteiger partial charge in [-0.3, -0.25) is 14.4 Å².